The van der Waals surface area contributed by atoms with Crippen LogP contribution in [0, 0.1) is 35.5 Å². The second kappa shape index (κ2) is 26.5. The number of nitrogens with zero attached hydrogens (tertiary/aromatic N) is 1. The Morgan fingerprint density at radius 3 is 2.22 bits per heavy atom. The van der Waals surface area contributed by atoms with E-state index in [2.05, 4.69) is 0 Å². The Hall–Kier alpha value is -3.14. The Balaban J connectivity index is 1.70. The number of ketones is 3. The van der Waals surface area contributed by atoms with E-state index in [0.29, 0.717) is 63.4 Å². The van der Waals surface area contributed by atoms with Crippen LogP contribution in [0.5, 0.6) is 0 Å². The first-order valence-electron chi connectivity index (χ1n) is 25.2. The highest BCUT2D eigenvalue weighted by Crippen LogP contribution is 2.45. The fraction of sp³-hybridized carbons (Fsp3) is 0.755. The molecule has 3 fully saturated rings. The maximum Gasteiger partial charge on any atom is 0.329 e. The van der Waals surface area contributed by atoms with Crippen molar-refractivity contribution in [2.75, 3.05) is 41.2 Å². The molecular formula is C53H84NO14P. The van der Waals surface area contributed by atoms with E-state index in [-0.39, 0.29) is 60.9 Å². The van der Waals surface area contributed by atoms with Crippen LogP contribution in [-0.2, 0) is 56.7 Å². The van der Waals surface area contributed by atoms with Crippen molar-refractivity contribution >= 4 is 36.6 Å². The van der Waals surface area contributed by atoms with Gasteiger partial charge in [-0.1, -0.05) is 71.1 Å². The first kappa shape index (κ1) is 58.4. The van der Waals surface area contributed by atoms with Gasteiger partial charge in [0, 0.05) is 71.8 Å². The van der Waals surface area contributed by atoms with Crippen molar-refractivity contribution in [2.45, 2.75) is 180 Å². The zero-order valence-electron chi connectivity index (χ0n) is 43.4. The molecule has 0 aromatic heterocycles. The predicted molar refractivity (Wildman–Crippen MR) is 263 cm³/mol. The lowest BCUT2D eigenvalue weighted by atomic mass is 9.78. The molecular weight excluding hydrogens is 906 g/mol. The van der Waals surface area contributed by atoms with Gasteiger partial charge in [0.1, 0.15) is 30.1 Å². The summed E-state index contributed by atoms with van der Waals surface area (Å²) in [6.07, 6.45) is 11.4. The van der Waals surface area contributed by atoms with E-state index in [1.807, 2.05) is 58.1 Å². The minimum absolute atomic E-state index is 0.0117. The molecule has 0 unspecified atom stereocenters. The number of Topliss-reactive ketones (excluding diaryl/α,β-unsaturated/α-hetero) is 3. The van der Waals surface area contributed by atoms with E-state index in [4.69, 9.17) is 28.2 Å². The van der Waals surface area contributed by atoms with Crippen LogP contribution in [0.15, 0.2) is 47.6 Å². The number of aliphatic hydroxyl groups is 2. The van der Waals surface area contributed by atoms with Crippen molar-refractivity contribution in [3.05, 3.63) is 47.6 Å². The molecule has 2 N–H and O–H groups in total. The zero-order valence-corrected chi connectivity index (χ0v) is 44.3. The highest BCUT2D eigenvalue weighted by atomic mass is 31.2. The summed E-state index contributed by atoms with van der Waals surface area (Å²) in [4.78, 5) is 72.2. The average Bonchev–Trinajstić information content (AvgIpc) is 3.30. The Bertz CT molecular complexity index is 1940. The van der Waals surface area contributed by atoms with Crippen molar-refractivity contribution in [3.8, 4) is 0 Å². The summed E-state index contributed by atoms with van der Waals surface area (Å²) >= 11 is 0. The van der Waals surface area contributed by atoms with E-state index in [1.54, 1.807) is 54.4 Å². The molecule has 16 heteroatoms. The van der Waals surface area contributed by atoms with Gasteiger partial charge >= 0.3 is 5.97 Å². The Labute approximate surface area is 411 Å². The molecule has 4 aliphatic rings. The van der Waals surface area contributed by atoms with Gasteiger partial charge in [-0.3, -0.25) is 23.7 Å². The largest absolute Gasteiger partial charge is 0.460 e. The van der Waals surface area contributed by atoms with Gasteiger partial charge in [-0.15, -0.1) is 0 Å². The van der Waals surface area contributed by atoms with Gasteiger partial charge in [0.25, 0.3) is 11.7 Å². The average molecular weight is 990 g/mol. The normalized spacial score (nSPS) is 39.0. The SMILES string of the molecule is CO[C@@H]1C[C@@H]2CC[C@@H](C)[C@@](O)(O2)C(=O)C(=O)N2CCCC[C@H]2C(=O)O[C@H]([C@H](C)C[C@@H]2CC[C@@H](OP(C)(C)=O)[C@H](OC)C2)CC(=O)[C@H](C)/C=C(\C)[C@@H](O)[C@@H](OC)C(=O)[C@H](C)C[C@H](C)\C=C/C=C/C=C/1C. The summed E-state index contributed by atoms with van der Waals surface area (Å²) in [6.45, 7) is 15.9. The van der Waals surface area contributed by atoms with Gasteiger partial charge in [0.2, 0.25) is 5.79 Å². The molecule has 0 aromatic carbocycles. The van der Waals surface area contributed by atoms with Crippen LogP contribution in [0.2, 0.25) is 0 Å². The molecule has 1 aliphatic carbocycles. The van der Waals surface area contributed by atoms with Gasteiger partial charge < -0.3 is 43.3 Å². The van der Waals surface area contributed by atoms with Crippen LogP contribution in [0.25, 0.3) is 0 Å². The number of allylic oxidation sites excluding steroid dienone is 6. The van der Waals surface area contributed by atoms with Crippen LogP contribution in [0.4, 0.5) is 0 Å². The second-order valence-electron chi connectivity index (χ2n) is 20.9. The molecule has 1 amide bonds. The van der Waals surface area contributed by atoms with Crippen molar-refractivity contribution < 1.29 is 67.0 Å². The highest BCUT2D eigenvalue weighted by molar-refractivity contribution is 7.57. The molecule has 390 valence electrons. The third-order valence-electron chi connectivity index (χ3n) is 14.8. The summed E-state index contributed by atoms with van der Waals surface area (Å²) in [6, 6.07) is -1.16. The number of aliphatic hydroxyl groups excluding tert-OH is 1. The standard InChI is InChI=1S/C53H84NO14P/c1-32-18-14-13-15-19-33(2)44(63-8)30-40-23-21-38(7)53(61,67-40)50(58)51(59)54-25-17-16-20-41(54)52(60)66-45(35(4)28-39-22-24-43(46(29-39)64-9)68-69(11,12)62)31-42(55)34(3)27-37(6)48(57)49(65-10)47(56)36(5)26-32/h13-15,18-19,27,32,34-36,38-41,43-46,48-49,57,61H,16-17,20-26,28-31H2,1-12H3/b15-13+,18-14-,33-19+,37-27+/t32-,34-,35-,36-,38-,39+,40+,41+,43-,44-,45+,46-,48-,49+,53-/m1/s1. The third-order valence-corrected chi connectivity index (χ3v) is 15.6. The van der Waals surface area contributed by atoms with Crippen molar-refractivity contribution in [1.29, 1.82) is 0 Å². The number of hydrogen-bond acceptors (Lipinski definition) is 14. The first-order valence-corrected chi connectivity index (χ1v) is 27.7. The number of amides is 1. The lowest BCUT2D eigenvalue weighted by molar-refractivity contribution is -0.265. The molecule has 0 aromatic rings. The number of carbonyl (C=O) groups is 5. The van der Waals surface area contributed by atoms with Crippen LogP contribution in [-0.4, -0.2) is 140 Å². The molecule has 15 nitrogen and oxygen atoms in total. The molecule has 3 heterocycles. The third kappa shape index (κ3) is 16.2. The van der Waals surface area contributed by atoms with E-state index >= 15 is 0 Å². The molecule has 4 rings (SSSR count). The van der Waals surface area contributed by atoms with Crippen LogP contribution in [0.3, 0.4) is 0 Å². The smallest absolute Gasteiger partial charge is 0.329 e. The monoisotopic (exact) mass is 990 g/mol. The number of fused-ring (bicyclic) bond motifs is 3. The van der Waals surface area contributed by atoms with Gasteiger partial charge in [0.05, 0.1) is 24.4 Å². The van der Waals surface area contributed by atoms with Gasteiger partial charge in [-0.2, -0.15) is 0 Å². The Kier molecular flexibility index (Phi) is 22.5. The summed E-state index contributed by atoms with van der Waals surface area (Å²) in [5.74, 6) is -8.11. The van der Waals surface area contributed by atoms with Crippen molar-refractivity contribution in [2.24, 2.45) is 35.5 Å². The number of ether oxygens (including phenoxy) is 5. The fourth-order valence-corrected chi connectivity index (χ4v) is 11.4. The Morgan fingerprint density at radius 2 is 1.57 bits per heavy atom. The van der Waals surface area contributed by atoms with E-state index in [9.17, 15) is 38.8 Å². The lowest BCUT2D eigenvalue weighted by Crippen LogP contribution is -2.61. The van der Waals surface area contributed by atoms with E-state index in [1.165, 1.54) is 12.0 Å². The summed E-state index contributed by atoms with van der Waals surface area (Å²) < 4.78 is 48.2. The fourth-order valence-electron chi connectivity index (χ4n) is 10.5. The number of carbonyl (C=O) groups excluding carboxylic acids is 5. The number of rotatable bonds is 8. The number of methoxy groups -OCH3 is 3. The number of hydrogen-bond donors (Lipinski definition) is 2. The molecule has 2 bridgehead atoms. The molecule has 69 heavy (non-hydrogen) atoms. The van der Waals surface area contributed by atoms with E-state index in [0.717, 1.165) is 12.0 Å². The minimum Gasteiger partial charge on any atom is -0.460 e. The lowest BCUT2D eigenvalue weighted by Gasteiger charge is -2.42. The zero-order chi connectivity index (χ0) is 51.4. The highest BCUT2D eigenvalue weighted by Gasteiger charge is 2.53. The maximum absolute atomic E-state index is 14.5. The number of piperidine rings is 1. The molecule has 15 atom stereocenters. The van der Waals surface area contributed by atoms with Gasteiger partial charge in [0.15, 0.2) is 13.2 Å². The number of cyclic esters (lactones) is 1. The van der Waals surface area contributed by atoms with Gasteiger partial charge in [-0.25, -0.2) is 4.79 Å². The maximum atomic E-state index is 14.5. The molecule has 3 aliphatic heterocycles. The second-order valence-corrected chi connectivity index (χ2v) is 23.6. The van der Waals surface area contributed by atoms with E-state index < -0.39 is 85.1 Å². The van der Waals surface area contributed by atoms with Gasteiger partial charge in [-0.05, 0) is 107 Å². The van der Waals surface area contributed by atoms with Crippen molar-refractivity contribution in [3.63, 3.8) is 0 Å². The number of esters is 1. The Morgan fingerprint density at radius 1 is 0.855 bits per heavy atom. The predicted octanol–water partition coefficient (Wildman–Crippen LogP) is 7.74. The molecule has 0 radical (unpaired) electrons. The van der Waals surface area contributed by atoms with Crippen LogP contribution in [0.1, 0.15) is 126 Å². The topological polar surface area (TPSA) is 201 Å². The summed E-state index contributed by atoms with van der Waals surface area (Å²) in [5, 5.41) is 23.5. The quantitative estimate of drug-likeness (QED) is 0.104. The molecule has 2 saturated heterocycles. The molecule has 0 spiro atoms. The minimum atomic E-state index is -2.79. The molecule has 1 saturated carbocycles. The summed E-state index contributed by atoms with van der Waals surface area (Å²) in [5.41, 5.74) is 1.25. The van der Waals surface area contributed by atoms with Crippen molar-refractivity contribution in [1.82, 2.24) is 4.90 Å². The van der Waals surface area contributed by atoms with Crippen LogP contribution < -0.4 is 0 Å². The summed E-state index contributed by atoms with van der Waals surface area (Å²) in [7, 11) is 1.76. The first-order chi connectivity index (χ1) is 32.4. The van der Waals surface area contributed by atoms with Crippen LogP contribution >= 0.6 is 7.37 Å².